The van der Waals surface area contributed by atoms with Gasteiger partial charge in [0.15, 0.2) is 0 Å². The molecule has 2 amide bonds. The van der Waals surface area contributed by atoms with Crippen molar-refractivity contribution in [3.05, 3.63) is 188 Å². The summed E-state index contributed by atoms with van der Waals surface area (Å²) in [7, 11) is 0. The third kappa shape index (κ3) is 9.99. The molecular weight excluding hydrogens is 1070 g/mol. The van der Waals surface area contributed by atoms with Crippen LogP contribution in [-0.4, -0.2) is 113 Å². The van der Waals surface area contributed by atoms with E-state index >= 15 is 0 Å². The number of carbonyl (C=O) groups excluding carboxylic acids is 2. The highest BCUT2D eigenvalue weighted by atomic mass is 35.5. The number of benzene rings is 6. The average Bonchev–Trinajstić information content (AvgIpc) is 4.28. The Hall–Kier alpha value is -8.86. The van der Waals surface area contributed by atoms with E-state index < -0.39 is 0 Å². The van der Waals surface area contributed by atoms with Crippen molar-refractivity contribution in [2.75, 3.05) is 62.2 Å². The summed E-state index contributed by atoms with van der Waals surface area (Å²) in [6.45, 7) is 24.0. The van der Waals surface area contributed by atoms with Crippen LogP contribution in [0.25, 0.3) is 77.2 Å². The number of halogens is 2. The van der Waals surface area contributed by atoms with Crippen LogP contribution in [0.2, 0.25) is 10.0 Å². The van der Waals surface area contributed by atoms with Gasteiger partial charge in [-0.15, -0.1) is 0 Å². The third-order valence-corrected chi connectivity index (χ3v) is 16.5. The smallest absolute Gasteiger partial charge is 0.352 e. The van der Waals surface area contributed by atoms with Crippen LogP contribution in [0.1, 0.15) is 61.8 Å². The monoisotopic (exact) mass is 1130 g/mol. The molecule has 0 aliphatic carbocycles. The third-order valence-electron chi connectivity index (χ3n) is 15.9. The number of aromatic nitrogens is 8. The maximum Gasteiger partial charge on any atom is 0.354 e. The van der Waals surface area contributed by atoms with E-state index in [9.17, 15) is 19.2 Å². The van der Waals surface area contributed by atoms with Crippen LogP contribution in [0.4, 0.5) is 11.6 Å². The van der Waals surface area contributed by atoms with E-state index in [2.05, 4.69) is 93.1 Å². The number of aromatic amines is 2. The molecule has 82 heavy (non-hydrogen) atoms. The van der Waals surface area contributed by atoms with Crippen molar-refractivity contribution in [3.63, 3.8) is 0 Å². The van der Waals surface area contributed by atoms with Crippen molar-refractivity contribution in [1.29, 1.82) is 0 Å². The molecule has 0 unspecified atom stereocenters. The van der Waals surface area contributed by atoms with E-state index in [-0.39, 0.29) is 35.0 Å². The van der Waals surface area contributed by atoms with E-state index in [0.29, 0.717) is 74.0 Å². The predicted molar refractivity (Wildman–Crippen MR) is 331 cm³/mol. The Kier molecular flexibility index (Phi) is 15.2. The fraction of sp³-hybridized carbons (Fsp3) is 0.250. The first kappa shape index (κ1) is 55.1. The van der Waals surface area contributed by atoms with Crippen molar-refractivity contribution >= 4 is 90.3 Å². The molecular formula is C64H62Cl2N12O4. The summed E-state index contributed by atoms with van der Waals surface area (Å²) in [6.07, 6.45) is 6.28. The molecule has 2 aliphatic heterocycles. The Bertz CT molecular complexity index is 4040. The molecule has 4 aromatic heterocycles. The number of rotatable bonds is 10. The number of hydrogen-bond acceptors (Lipinski definition) is 10. The molecule has 10 aromatic rings. The number of para-hydroxylation sites is 2. The minimum atomic E-state index is -0.364. The number of piperazine rings is 2. The summed E-state index contributed by atoms with van der Waals surface area (Å²) in [5, 5.41) is 19.2. The molecule has 18 heteroatoms. The topological polar surface area (TPSA) is 174 Å². The minimum Gasteiger partial charge on any atom is -0.352 e. The average molecular weight is 1130 g/mol. The van der Waals surface area contributed by atoms with Gasteiger partial charge in [-0.2, -0.15) is 20.2 Å². The summed E-state index contributed by atoms with van der Waals surface area (Å²) in [5.41, 5.74) is 11.9. The van der Waals surface area contributed by atoms with Crippen molar-refractivity contribution in [1.82, 2.24) is 49.3 Å². The van der Waals surface area contributed by atoms with E-state index in [1.165, 1.54) is 12.2 Å². The SMILES string of the molecule is C=CC(=O)N1CCN(c2nc(=O)n(-c3ccccc3C(C)C)c3cc(-c4c(C)ccc5[nH]ncc45)c(Cl)cc23)CC1.C=CC(=O)N1CCN(c2nc(=O)n(-c3ccccc3C(C)C)c3cc(-c4c(C)ccc5[nH]ncc45)c(Cl)cc23)CC1. The van der Waals surface area contributed by atoms with E-state index in [4.69, 9.17) is 23.2 Å². The van der Waals surface area contributed by atoms with Crippen molar-refractivity contribution < 1.29 is 9.59 Å². The molecule has 2 fully saturated rings. The second-order valence-corrected chi connectivity index (χ2v) is 22.3. The van der Waals surface area contributed by atoms with Gasteiger partial charge in [-0.1, -0.05) is 113 Å². The molecule has 0 saturated carbocycles. The first-order valence-electron chi connectivity index (χ1n) is 27.5. The molecule has 6 aromatic carbocycles. The number of amides is 2. The summed E-state index contributed by atoms with van der Waals surface area (Å²) >= 11 is 14.1. The van der Waals surface area contributed by atoms with Crippen LogP contribution in [0.5, 0.6) is 0 Å². The number of nitrogens with one attached hydrogen (secondary N) is 2. The van der Waals surface area contributed by atoms with Crippen LogP contribution >= 0.6 is 23.2 Å². The van der Waals surface area contributed by atoms with Gasteiger partial charge in [-0.25, -0.2) is 9.59 Å². The van der Waals surface area contributed by atoms with Gasteiger partial charge in [0.25, 0.3) is 0 Å². The first-order valence-corrected chi connectivity index (χ1v) is 28.2. The largest absolute Gasteiger partial charge is 0.354 e. The molecule has 0 bridgehead atoms. The van der Waals surface area contributed by atoms with Gasteiger partial charge in [0.05, 0.1) is 45.8 Å². The maximum atomic E-state index is 14.0. The Balaban J connectivity index is 0.000000172. The maximum absolute atomic E-state index is 14.0. The minimum absolute atomic E-state index is 0.0975. The molecule has 0 atom stereocenters. The van der Waals surface area contributed by atoms with Crippen molar-refractivity contribution in [2.45, 2.75) is 53.4 Å². The van der Waals surface area contributed by atoms with Gasteiger partial charge in [-0.05, 0) is 120 Å². The van der Waals surface area contributed by atoms with Crippen molar-refractivity contribution in [2.24, 2.45) is 0 Å². The van der Waals surface area contributed by atoms with Gasteiger partial charge in [0, 0.05) is 95.1 Å². The summed E-state index contributed by atoms with van der Waals surface area (Å²) in [5.74, 6) is 1.33. The van der Waals surface area contributed by atoms with Crippen molar-refractivity contribution in [3.8, 4) is 33.6 Å². The Morgan fingerprint density at radius 3 is 1.28 bits per heavy atom. The Morgan fingerprint density at radius 2 is 0.915 bits per heavy atom. The number of H-pyrrole nitrogens is 2. The number of aryl methyl sites for hydroxylation is 2. The standard InChI is InChI=1S/2C32H31ClN6O2/c2*1-5-29(40)37-12-14-38(15-13-37)31-23-16-25(33)22(30-20(4)10-11-26-24(30)18-34-36-26)17-28(23)39(32(41)35-31)27-9-7-6-8-21(27)19(2)3/h2*5-11,16-19H,1,12-15H2,2-4H3,(H,34,36). The fourth-order valence-electron chi connectivity index (χ4n) is 11.7. The number of hydrogen-bond donors (Lipinski definition) is 2. The lowest BCUT2D eigenvalue weighted by molar-refractivity contribution is -0.127. The van der Waals surface area contributed by atoms with Crippen LogP contribution in [-0.2, 0) is 9.59 Å². The molecule has 0 spiro atoms. The second kappa shape index (κ2) is 22.6. The highest BCUT2D eigenvalue weighted by Gasteiger charge is 2.28. The molecule has 6 heterocycles. The summed E-state index contributed by atoms with van der Waals surface area (Å²) in [4.78, 5) is 69.2. The van der Waals surface area contributed by atoms with Crippen LogP contribution < -0.4 is 21.2 Å². The number of nitrogens with zero attached hydrogens (tertiary/aromatic N) is 10. The van der Waals surface area contributed by atoms with E-state index in [1.807, 2.05) is 98.8 Å². The Labute approximate surface area is 483 Å². The van der Waals surface area contributed by atoms with E-state index in [0.717, 1.165) is 99.5 Å². The second-order valence-electron chi connectivity index (χ2n) is 21.4. The van der Waals surface area contributed by atoms with E-state index in [1.54, 1.807) is 31.3 Å². The molecule has 2 saturated heterocycles. The highest BCUT2D eigenvalue weighted by molar-refractivity contribution is 6.35. The number of fused-ring (bicyclic) bond motifs is 4. The molecule has 12 rings (SSSR count). The molecule has 0 radical (unpaired) electrons. The fourth-order valence-corrected chi connectivity index (χ4v) is 12.2. The van der Waals surface area contributed by atoms with Gasteiger partial charge in [-0.3, -0.25) is 28.9 Å². The van der Waals surface area contributed by atoms with Gasteiger partial charge in [0.2, 0.25) is 11.8 Å². The normalized spacial score (nSPS) is 13.9. The van der Waals surface area contributed by atoms with Gasteiger partial charge < -0.3 is 19.6 Å². The van der Waals surface area contributed by atoms with Crippen LogP contribution in [0.15, 0.2) is 144 Å². The lowest BCUT2D eigenvalue weighted by atomic mass is 9.95. The Morgan fingerprint density at radius 1 is 0.537 bits per heavy atom. The van der Waals surface area contributed by atoms with Crippen LogP contribution in [0.3, 0.4) is 0 Å². The lowest BCUT2D eigenvalue weighted by Gasteiger charge is -2.35. The zero-order valence-electron chi connectivity index (χ0n) is 46.6. The highest BCUT2D eigenvalue weighted by Crippen LogP contribution is 2.43. The molecule has 16 nitrogen and oxygen atoms in total. The molecule has 2 aliphatic rings. The number of carbonyl (C=O) groups is 2. The molecule has 416 valence electrons. The summed E-state index contributed by atoms with van der Waals surface area (Å²) in [6, 6.07) is 31.8. The predicted octanol–water partition coefficient (Wildman–Crippen LogP) is 11.7. The lowest BCUT2D eigenvalue weighted by Crippen LogP contribution is -2.49. The van der Waals surface area contributed by atoms with Gasteiger partial charge >= 0.3 is 11.4 Å². The summed E-state index contributed by atoms with van der Waals surface area (Å²) < 4.78 is 3.41. The quantitative estimate of drug-likeness (QED) is 0.125. The zero-order chi connectivity index (χ0) is 57.7. The zero-order valence-corrected chi connectivity index (χ0v) is 48.1. The van der Waals surface area contributed by atoms with Crippen LogP contribution in [0, 0.1) is 13.8 Å². The molecule has 2 N–H and O–H groups in total. The number of anilines is 2. The first-order chi connectivity index (χ1) is 39.6. The van der Waals surface area contributed by atoms with Gasteiger partial charge in [0.1, 0.15) is 11.6 Å².